The van der Waals surface area contributed by atoms with Gasteiger partial charge in [-0.15, -0.1) is 0 Å². The third-order valence-electron chi connectivity index (χ3n) is 7.55. The van der Waals surface area contributed by atoms with Crippen molar-refractivity contribution in [1.29, 1.82) is 0 Å². The van der Waals surface area contributed by atoms with Gasteiger partial charge in [0.2, 0.25) is 0 Å². The Hall–Kier alpha value is -2.50. The third-order valence-corrected chi connectivity index (χ3v) is 8.33. The lowest BCUT2D eigenvalue weighted by Crippen LogP contribution is -2.35. The highest BCUT2D eigenvalue weighted by molar-refractivity contribution is 6.37. The van der Waals surface area contributed by atoms with E-state index in [1.54, 1.807) is 6.07 Å². The molecule has 7 heteroatoms. The number of likely N-dealkylation sites (tertiary alicyclic amines) is 1. The Morgan fingerprint density at radius 3 is 2.51 bits per heavy atom. The number of aromatic nitrogens is 1. The summed E-state index contributed by atoms with van der Waals surface area (Å²) in [4.78, 5) is 14.0. The van der Waals surface area contributed by atoms with Crippen LogP contribution in [-0.2, 0) is 23.0 Å². The van der Waals surface area contributed by atoms with E-state index in [-0.39, 0.29) is 17.7 Å². The van der Waals surface area contributed by atoms with Crippen LogP contribution in [0.25, 0.3) is 16.6 Å². The summed E-state index contributed by atoms with van der Waals surface area (Å²) >= 11 is 13.5. The molecule has 2 aromatic carbocycles. The number of nitrogens with zero attached hydrogens (tertiary/aromatic N) is 2. The van der Waals surface area contributed by atoms with Gasteiger partial charge in [0.1, 0.15) is 5.82 Å². The van der Waals surface area contributed by atoms with Crippen LogP contribution in [0.5, 0.6) is 0 Å². The van der Waals surface area contributed by atoms with Gasteiger partial charge in [-0.3, -0.25) is 4.79 Å². The maximum Gasteiger partial charge on any atom is 0.308 e. The Labute approximate surface area is 215 Å². The van der Waals surface area contributed by atoms with Gasteiger partial charge in [-0.05, 0) is 73.1 Å². The first-order valence-corrected chi connectivity index (χ1v) is 12.8. The molecule has 2 aliphatic rings. The quantitative estimate of drug-likeness (QED) is 0.334. The minimum absolute atomic E-state index is 0.0763. The van der Waals surface area contributed by atoms with Crippen molar-refractivity contribution in [1.82, 2.24) is 9.47 Å². The van der Waals surface area contributed by atoms with E-state index in [4.69, 9.17) is 27.9 Å². The third kappa shape index (κ3) is 4.56. The summed E-state index contributed by atoms with van der Waals surface area (Å²) in [5.74, 6) is 0.0720. The Morgan fingerprint density at radius 2 is 1.86 bits per heavy atom. The number of halogens is 3. The second-order valence-electron chi connectivity index (χ2n) is 9.70. The molecule has 0 N–H and O–H groups in total. The van der Waals surface area contributed by atoms with E-state index < -0.39 is 0 Å². The number of carbonyl (C=O) groups is 1. The lowest BCUT2D eigenvalue weighted by molar-refractivity contribution is -0.146. The van der Waals surface area contributed by atoms with Crippen molar-refractivity contribution in [3.63, 3.8) is 0 Å². The van der Waals surface area contributed by atoms with E-state index in [2.05, 4.69) is 17.5 Å². The van der Waals surface area contributed by atoms with Crippen LogP contribution in [0.4, 0.5) is 4.39 Å². The van der Waals surface area contributed by atoms with Crippen molar-refractivity contribution in [2.75, 3.05) is 20.2 Å². The van der Waals surface area contributed by atoms with Crippen LogP contribution in [-0.4, -0.2) is 35.6 Å². The zero-order valence-electron chi connectivity index (χ0n) is 20.0. The fourth-order valence-corrected chi connectivity index (χ4v) is 5.78. The molecule has 0 atom stereocenters. The Bertz CT molecular complexity index is 1320. The molecule has 2 fully saturated rings. The van der Waals surface area contributed by atoms with Crippen LogP contribution in [0.3, 0.4) is 0 Å². The van der Waals surface area contributed by atoms with Gasteiger partial charge in [0.25, 0.3) is 0 Å². The number of rotatable bonds is 6. The highest BCUT2D eigenvalue weighted by Gasteiger charge is 2.28. The summed E-state index contributed by atoms with van der Waals surface area (Å²) < 4.78 is 21.8. The minimum Gasteiger partial charge on any atom is -0.469 e. The average molecular weight is 515 g/mol. The van der Waals surface area contributed by atoms with Gasteiger partial charge in [0, 0.05) is 53.9 Å². The molecule has 5 rings (SSSR count). The molecule has 35 heavy (non-hydrogen) atoms. The van der Waals surface area contributed by atoms with Crippen molar-refractivity contribution in [2.24, 2.45) is 13.0 Å². The van der Waals surface area contributed by atoms with Gasteiger partial charge in [-0.2, -0.15) is 0 Å². The number of piperidine rings is 1. The Balaban J connectivity index is 1.41. The zero-order chi connectivity index (χ0) is 24.9. The monoisotopic (exact) mass is 514 g/mol. The molecule has 184 valence electrons. The van der Waals surface area contributed by atoms with E-state index in [1.807, 2.05) is 29.8 Å². The standard InChI is InChI=1S/C28H29Cl2FN2O2/c1-16(33-10-8-18(9-11-33)28(34)35-3)21-6-7-24(29)22(27(21)30)14-20-15-23-25(31)12-19(17-4-5-17)13-26(23)32(20)2/h6-7,12-13,15,17-18H,1,4-5,8-11,14H2,2-3H3. The number of carbonyl (C=O) groups excluding carboxylic acids is 1. The molecule has 3 aromatic rings. The Morgan fingerprint density at radius 1 is 1.14 bits per heavy atom. The lowest BCUT2D eigenvalue weighted by Gasteiger charge is -2.34. The molecule has 0 amide bonds. The predicted molar refractivity (Wildman–Crippen MR) is 139 cm³/mol. The largest absolute Gasteiger partial charge is 0.469 e. The van der Waals surface area contributed by atoms with Crippen LogP contribution in [0.2, 0.25) is 10.0 Å². The summed E-state index contributed by atoms with van der Waals surface area (Å²) in [7, 11) is 3.39. The normalized spacial score (nSPS) is 16.7. The van der Waals surface area contributed by atoms with E-state index in [9.17, 15) is 9.18 Å². The van der Waals surface area contributed by atoms with Crippen molar-refractivity contribution in [3.8, 4) is 0 Å². The Kier molecular flexibility index (Phi) is 6.58. The molecule has 1 saturated heterocycles. The molecule has 0 unspecified atom stereocenters. The SMILES string of the molecule is C=C(c1ccc(Cl)c(Cc2cc3c(F)cc(C4CC4)cc3n2C)c1Cl)N1CCC(C(=O)OC)CC1. The molecule has 1 aromatic heterocycles. The highest BCUT2D eigenvalue weighted by atomic mass is 35.5. The van der Waals surface area contributed by atoms with Gasteiger partial charge >= 0.3 is 5.97 Å². The molecule has 2 heterocycles. The van der Waals surface area contributed by atoms with Gasteiger partial charge < -0.3 is 14.2 Å². The summed E-state index contributed by atoms with van der Waals surface area (Å²) in [5, 5.41) is 1.75. The van der Waals surface area contributed by atoms with E-state index in [1.165, 1.54) is 7.11 Å². The number of methoxy groups -OCH3 is 1. The topological polar surface area (TPSA) is 34.5 Å². The van der Waals surface area contributed by atoms with Crippen LogP contribution < -0.4 is 0 Å². The number of hydrogen-bond acceptors (Lipinski definition) is 3. The number of fused-ring (bicyclic) bond motifs is 1. The van der Waals surface area contributed by atoms with Gasteiger partial charge in [0.15, 0.2) is 0 Å². The number of aryl methyl sites for hydroxylation is 1. The smallest absolute Gasteiger partial charge is 0.308 e. The first-order valence-electron chi connectivity index (χ1n) is 12.0. The van der Waals surface area contributed by atoms with Crippen LogP contribution in [0.1, 0.15) is 54.0 Å². The molecular weight excluding hydrogens is 486 g/mol. The molecule has 0 radical (unpaired) electrons. The molecule has 1 aliphatic carbocycles. The fourth-order valence-electron chi connectivity index (χ4n) is 5.17. The summed E-state index contributed by atoms with van der Waals surface area (Å²) in [6.07, 6.45) is 4.17. The number of ether oxygens (including phenoxy) is 1. The highest BCUT2D eigenvalue weighted by Crippen LogP contribution is 2.42. The molecule has 0 spiro atoms. The van der Waals surface area contributed by atoms with Gasteiger partial charge in [-0.1, -0.05) is 29.8 Å². The van der Waals surface area contributed by atoms with Crippen molar-refractivity contribution in [3.05, 3.63) is 75.2 Å². The van der Waals surface area contributed by atoms with E-state index >= 15 is 0 Å². The summed E-state index contributed by atoms with van der Waals surface area (Å²) in [5.41, 5.74) is 5.34. The maximum absolute atomic E-state index is 14.9. The van der Waals surface area contributed by atoms with Crippen LogP contribution >= 0.6 is 23.2 Å². The summed E-state index contributed by atoms with van der Waals surface area (Å²) in [6, 6.07) is 9.43. The van der Waals surface area contributed by atoms with Crippen LogP contribution in [0.15, 0.2) is 36.9 Å². The zero-order valence-corrected chi connectivity index (χ0v) is 21.6. The van der Waals surface area contributed by atoms with Crippen molar-refractivity contribution >= 4 is 45.8 Å². The molecule has 1 saturated carbocycles. The molecule has 4 nitrogen and oxygen atoms in total. The minimum atomic E-state index is -0.180. The average Bonchev–Trinajstić information content (AvgIpc) is 3.66. The molecule has 1 aliphatic heterocycles. The second kappa shape index (κ2) is 9.51. The number of benzene rings is 2. The van der Waals surface area contributed by atoms with Gasteiger partial charge in [0.05, 0.1) is 23.6 Å². The number of hydrogen-bond donors (Lipinski definition) is 0. The number of esters is 1. The lowest BCUT2D eigenvalue weighted by atomic mass is 9.95. The fraction of sp³-hybridized carbons (Fsp3) is 0.393. The van der Waals surface area contributed by atoms with Gasteiger partial charge in [-0.25, -0.2) is 4.39 Å². The van der Waals surface area contributed by atoms with E-state index in [0.29, 0.717) is 53.7 Å². The summed E-state index contributed by atoms with van der Waals surface area (Å²) in [6.45, 7) is 5.71. The van der Waals surface area contributed by atoms with Crippen molar-refractivity contribution in [2.45, 2.75) is 38.0 Å². The molecule has 0 bridgehead atoms. The first-order chi connectivity index (χ1) is 16.8. The predicted octanol–water partition coefficient (Wildman–Crippen LogP) is 6.95. The van der Waals surface area contributed by atoms with Crippen LogP contribution in [0, 0.1) is 11.7 Å². The second-order valence-corrected chi connectivity index (χ2v) is 10.5. The van der Waals surface area contributed by atoms with Crippen molar-refractivity contribution < 1.29 is 13.9 Å². The van der Waals surface area contributed by atoms with E-state index in [0.717, 1.165) is 46.4 Å². The molecular formula is C28H29Cl2FN2O2. The first kappa shape index (κ1) is 24.2. The maximum atomic E-state index is 14.9.